The maximum absolute atomic E-state index is 5.54. The number of ether oxygens (including phenoxy) is 1. The van der Waals surface area contributed by atoms with Crippen molar-refractivity contribution in [3.8, 4) is 0 Å². The molecule has 1 fully saturated rings. The summed E-state index contributed by atoms with van der Waals surface area (Å²) in [6.07, 6.45) is 5.68. The van der Waals surface area contributed by atoms with E-state index >= 15 is 0 Å². The summed E-state index contributed by atoms with van der Waals surface area (Å²) in [6.45, 7) is 3.74. The van der Waals surface area contributed by atoms with Gasteiger partial charge in [-0.2, -0.15) is 0 Å². The molecule has 4 nitrogen and oxygen atoms in total. The Morgan fingerprint density at radius 2 is 2.53 bits per heavy atom. The number of rotatable bonds is 4. The molecule has 82 valence electrons. The smallest absolute Gasteiger partial charge is 0.129 e. The summed E-state index contributed by atoms with van der Waals surface area (Å²) >= 11 is 0. The van der Waals surface area contributed by atoms with Crippen LogP contribution in [0.1, 0.15) is 25.1 Å². The molecule has 1 atom stereocenters. The van der Waals surface area contributed by atoms with Crippen molar-refractivity contribution < 1.29 is 4.74 Å². The highest BCUT2D eigenvalue weighted by atomic mass is 16.5. The van der Waals surface area contributed by atoms with Crippen LogP contribution in [0.4, 0.5) is 5.82 Å². The quantitative estimate of drug-likeness (QED) is 0.817. The van der Waals surface area contributed by atoms with Crippen LogP contribution in [0.25, 0.3) is 0 Å². The van der Waals surface area contributed by atoms with Gasteiger partial charge in [0.25, 0.3) is 0 Å². The van der Waals surface area contributed by atoms with E-state index in [2.05, 4.69) is 15.3 Å². The van der Waals surface area contributed by atoms with Crippen molar-refractivity contribution in [3.63, 3.8) is 0 Å². The molecule has 0 saturated carbocycles. The van der Waals surface area contributed by atoms with Gasteiger partial charge in [-0.3, -0.25) is 0 Å². The van der Waals surface area contributed by atoms with Gasteiger partial charge in [-0.05, 0) is 32.3 Å². The summed E-state index contributed by atoms with van der Waals surface area (Å²) in [6, 6.07) is 1.89. The molecular formula is C11H17N3O. The van der Waals surface area contributed by atoms with Crippen LogP contribution < -0.4 is 5.32 Å². The predicted octanol–water partition coefficient (Wildman–Crippen LogP) is 1.77. The molecule has 1 unspecified atom stereocenters. The molecule has 4 heteroatoms. The van der Waals surface area contributed by atoms with Crippen LogP contribution in [0.3, 0.4) is 0 Å². The molecule has 15 heavy (non-hydrogen) atoms. The third-order valence-corrected chi connectivity index (χ3v) is 2.57. The summed E-state index contributed by atoms with van der Waals surface area (Å²) in [5, 5.41) is 3.28. The summed E-state index contributed by atoms with van der Waals surface area (Å²) in [4.78, 5) is 8.32. The van der Waals surface area contributed by atoms with Crippen LogP contribution in [0, 0.1) is 6.92 Å². The molecule has 1 aromatic rings. The second kappa shape index (κ2) is 5.07. The molecule has 0 spiro atoms. The molecule has 0 bridgehead atoms. The summed E-state index contributed by atoms with van der Waals surface area (Å²) in [5.74, 6) is 1.71. The van der Waals surface area contributed by atoms with Crippen LogP contribution in [0.5, 0.6) is 0 Å². The topological polar surface area (TPSA) is 47.0 Å². The standard InChI is InChI=1S/C11H17N3O/c1-9-12-7-5-11(14-9)13-6-4-10-3-2-8-15-10/h5,7,10H,2-4,6,8H2,1H3,(H,12,13,14). The fourth-order valence-corrected chi connectivity index (χ4v) is 1.79. The molecule has 1 aliphatic rings. The van der Waals surface area contributed by atoms with Crippen LogP contribution in [-0.4, -0.2) is 29.2 Å². The van der Waals surface area contributed by atoms with Gasteiger partial charge in [0.15, 0.2) is 0 Å². The SMILES string of the molecule is Cc1nccc(NCCC2CCCO2)n1. The maximum Gasteiger partial charge on any atom is 0.129 e. The molecule has 2 heterocycles. The van der Waals surface area contributed by atoms with Crippen LogP contribution >= 0.6 is 0 Å². The number of nitrogens with zero attached hydrogens (tertiary/aromatic N) is 2. The Labute approximate surface area is 90.1 Å². The Morgan fingerprint density at radius 3 is 3.27 bits per heavy atom. The molecule has 0 radical (unpaired) electrons. The van der Waals surface area contributed by atoms with E-state index in [4.69, 9.17) is 4.74 Å². The summed E-state index contributed by atoms with van der Waals surface area (Å²) in [7, 11) is 0. The van der Waals surface area contributed by atoms with E-state index in [9.17, 15) is 0 Å². The molecule has 1 saturated heterocycles. The van der Waals surface area contributed by atoms with Gasteiger partial charge in [0.05, 0.1) is 6.10 Å². The van der Waals surface area contributed by atoms with Crippen molar-refractivity contribution >= 4 is 5.82 Å². The first-order chi connectivity index (χ1) is 7.34. The van der Waals surface area contributed by atoms with Gasteiger partial charge < -0.3 is 10.1 Å². The lowest BCUT2D eigenvalue weighted by Gasteiger charge is -2.10. The Kier molecular flexibility index (Phi) is 3.50. The summed E-state index contributed by atoms with van der Waals surface area (Å²) in [5.41, 5.74) is 0. The van der Waals surface area contributed by atoms with Gasteiger partial charge in [0.1, 0.15) is 11.6 Å². The van der Waals surface area contributed by atoms with Gasteiger partial charge >= 0.3 is 0 Å². The first-order valence-corrected chi connectivity index (χ1v) is 5.50. The average molecular weight is 207 g/mol. The van der Waals surface area contributed by atoms with E-state index in [0.29, 0.717) is 6.10 Å². The highest BCUT2D eigenvalue weighted by molar-refractivity contribution is 5.32. The number of hydrogen-bond donors (Lipinski definition) is 1. The van der Waals surface area contributed by atoms with Crippen LogP contribution in [0.15, 0.2) is 12.3 Å². The first-order valence-electron chi connectivity index (χ1n) is 5.50. The van der Waals surface area contributed by atoms with Crippen LogP contribution in [-0.2, 0) is 4.74 Å². The second-order valence-electron chi connectivity index (χ2n) is 3.84. The average Bonchev–Trinajstić information content (AvgIpc) is 2.71. The van der Waals surface area contributed by atoms with Gasteiger partial charge in [0, 0.05) is 19.3 Å². The van der Waals surface area contributed by atoms with Crippen molar-refractivity contribution in [2.24, 2.45) is 0 Å². The van der Waals surface area contributed by atoms with E-state index in [-0.39, 0.29) is 0 Å². The molecule has 1 aromatic heterocycles. The van der Waals surface area contributed by atoms with Gasteiger partial charge in [-0.1, -0.05) is 0 Å². The van der Waals surface area contributed by atoms with E-state index in [0.717, 1.165) is 31.2 Å². The predicted molar refractivity (Wildman–Crippen MR) is 58.8 cm³/mol. The monoisotopic (exact) mass is 207 g/mol. The molecule has 0 aliphatic carbocycles. The second-order valence-corrected chi connectivity index (χ2v) is 3.84. The zero-order valence-electron chi connectivity index (χ0n) is 9.07. The molecular weight excluding hydrogens is 190 g/mol. The van der Waals surface area contributed by atoms with Crippen LogP contribution in [0.2, 0.25) is 0 Å². The molecule has 0 aromatic carbocycles. The number of anilines is 1. The summed E-state index contributed by atoms with van der Waals surface area (Å²) < 4.78 is 5.54. The Morgan fingerprint density at radius 1 is 1.60 bits per heavy atom. The van der Waals surface area contributed by atoms with Crippen molar-refractivity contribution in [1.82, 2.24) is 9.97 Å². The van der Waals surface area contributed by atoms with Crippen molar-refractivity contribution in [3.05, 3.63) is 18.1 Å². The van der Waals surface area contributed by atoms with E-state index in [1.807, 2.05) is 13.0 Å². The fraction of sp³-hybridized carbons (Fsp3) is 0.636. The molecule has 2 rings (SSSR count). The third-order valence-electron chi connectivity index (χ3n) is 2.57. The lowest BCUT2D eigenvalue weighted by molar-refractivity contribution is 0.107. The van der Waals surface area contributed by atoms with E-state index < -0.39 is 0 Å². The first kappa shape index (κ1) is 10.4. The Bertz CT molecular complexity index is 310. The van der Waals surface area contributed by atoms with Gasteiger partial charge in [-0.15, -0.1) is 0 Å². The van der Waals surface area contributed by atoms with E-state index in [1.54, 1.807) is 6.20 Å². The highest BCUT2D eigenvalue weighted by Gasteiger charge is 2.14. The Balaban J connectivity index is 1.73. The minimum Gasteiger partial charge on any atom is -0.378 e. The van der Waals surface area contributed by atoms with Crippen molar-refractivity contribution in [2.45, 2.75) is 32.3 Å². The minimum absolute atomic E-state index is 0.445. The normalized spacial score (nSPS) is 20.5. The fourth-order valence-electron chi connectivity index (χ4n) is 1.79. The molecule has 0 amide bonds. The maximum atomic E-state index is 5.54. The third kappa shape index (κ3) is 3.16. The number of aryl methyl sites for hydroxylation is 1. The number of aromatic nitrogens is 2. The molecule has 1 N–H and O–H groups in total. The van der Waals surface area contributed by atoms with E-state index in [1.165, 1.54) is 12.8 Å². The van der Waals surface area contributed by atoms with Gasteiger partial charge in [-0.25, -0.2) is 9.97 Å². The largest absolute Gasteiger partial charge is 0.378 e. The zero-order chi connectivity index (χ0) is 10.5. The molecule has 1 aliphatic heterocycles. The lowest BCUT2D eigenvalue weighted by atomic mass is 10.2. The Hall–Kier alpha value is -1.16. The highest BCUT2D eigenvalue weighted by Crippen LogP contribution is 2.15. The number of hydrogen-bond acceptors (Lipinski definition) is 4. The number of nitrogens with one attached hydrogen (secondary N) is 1. The minimum atomic E-state index is 0.445. The van der Waals surface area contributed by atoms with Crippen molar-refractivity contribution in [2.75, 3.05) is 18.5 Å². The lowest BCUT2D eigenvalue weighted by Crippen LogP contribution is -2.13. The zero-order valence-corrected chi connectivity index (χ0v) is 9.07. The van der Waals surface area contributed by atoms with Crippen molar-refractivity contribution in [1.29, 1.82) is 0 Å². The van der Waals surface area contributed by atoms with Gasteiger partial charge in [0.2, 0.25) is 0 Å².